The zero-order valence-electron chi connectivity index (χ0n) is 8.56. The molecule has 0 aliphatic heterocycles. The smallest absolute Gasteiger partial charge is 0.283 e. The predicted molar refractivity (Wildman–Crippen MR) is 56.1 cm³/mol. The average Bonchev–Trinajstić information content (AvgIpc) is 2.29. The molecule has 1 heterocycles. The van der Waals surface area contributed by atoms with Crippen molar-refractivity contribution in [3.05, 3.63) is 34.4 Å². The van der Waals surface area contributed by atoms with Crippen molar-refractivity contribution in [2.24, 2.45) is 0 Å². The second-order valence-corrected chi connectivity index (χ2v) is 3.11. The third kappa shape index (κ3) is 1.73. The summed E-state index contributed by atoms with van der Waals surface area (Å²) in [5.41, 5.74) is -0.00329. The molecule has 0 radical (unpaired) electrons. The summed E-state index contributed by atoms with van der Waals surface area (Å²) in [5.74, 6) is 0.694. The van der Waals surface area contributed by atoms with E-state index in [-0.39, 0.29) is 12.3 Å². The summed E-state index contributed by atoms with van der Waals surface area (Å²) < 4.78 is 10.3. The molecule has 2 rings (SSSR count). The van der Waals surface area contributed by atoms with Gasteiger partial charge in [-0.1, -0.05) is 0 Å². The fraction of sp³-hybridized carbons (Fsp3) is 0.182. The molecule has 0 amide bonds. The van der Waals surface area contributed by atoms with Crippen LogP contribution in [0.4, 0.5) is 0 Å². The average molecular weight is 216 g/mol. The van der Waals surface area contributed by atoms with Crippen LogP contribution in [0.15, 0.2) is 27.4 Å². The molecule has 5 nitrogen and oxygen atoms in total. The van der Waals surface area contributed by atoms with Crippen molar-refractivity contribution < 1.29 is 9.15 Å². The van der Waals surface area contributed by atoms with Crippen molar-refractivity contribution in [1.29, 1.82) is 5.26 Å². The molecule has 1 aromatic heterocycles. The molecule has 0 atom stereocenters. The molecule has 0 saturated heterocycles. The van der Waals surface area contributed by atoms with Crippen molar-refractivity contribution in [3.8, 4) is 11.8 Å². The van der Waals surface area contributed by atoms with Crippen molar-refractivity contribution in [2.45, 2.75) is 6.42 Å². The Morgan fingerprint density at radius 1 is 1.56 bits per heavy atom. The van der Waals surface area contributed by atoms with E-state index in [9.17, 15) is 4.79 Å². The summed E-state index contributed by atoms with van der Waals surface area (Å²) in [6.45, 7) is 0. The molecule has 0 spiro atoms. The molecule has 2 aromatic rings. The Morgan fingerprint density at radius 3 is 3.06 bits per heavy atom. The second kappa shape index (κ2) is 4.03. The van der Waals surface area contributed by atoms with Gasteiger partial charge in [-0.3, -0.25) is 4.79 Å². The molecule has 5 heteroatoms. The monoisotopic (exact) mass is 216 g/mol. The lowest BCUT2D eigenvalue weighted by Crippen LogP contribution is -2.09. The van der Waals surface area contributed by atoms with Crippen LogP contribution in [-0.4, -0.2) is 12.1 Å². The van der Waals surface area contributed by atoms with E-state index in [1.54, 1.807) is 18.2 Å². The fourth-order valence-electron chi connectivity index (χ4n) is 1.36. The highest BCUT2D eigenvalue weighted by Crippen LogP contribution is 2.18. The van der Waals surface area contributed by atoms with E-state index < -0.39 is 5.56 Å². The number of fused-ring (bicyclic) bond motifs is 1. The molecule has 0 aliphatic rings. The molecule has 0 fully saturated rings. The lowest BCUT2D eigenvalue weighted by molar-refractivity contribution is 0.415. The molecule has 0 bridgehead atoms. The molecule has 80 valence electrons. The Kier molecular flexibility index (Phi) is 2.56. The number of hydrogen-bond acceptors (Lipinski definition) is 5. The summed E-state index contributed by atoms with van der Waals surface area (Å²) in [6, 6.07) is 6.74. The van der Waals surface area contributed by atoms with Crippen LogP contribution >= 0.6 is 0 Å². The maximum atomic E-state index is 11.6. The number of aromatic nitrogens is 1. The molecular weight excluding hydrogens is 208 g/mol. The standard InChI is InChI=1S/C11H8N2O3/c1-15-7-2-3-9-8(6-7)11(14)13-10(16-9)4-5-12/h2-3,6H,4H2,1H3. The van der Waals surface area contributed by atoms with Crippen LogP contribution in [0.5, 0.6) is 5.75 Å². The highest BCUT2D eigenvalue weighted by molar-refractivity contribution is 5.77. The first-order chi connectivity index (χ1) is 7.74. The maximum absolute atomic E-state index is 11.6. The number of rotatable bonds is 2. The Hall–Kier alpha value is -2.35. The molecule has 1 aromatic carbocycles. The van der Waals surface area contributed by atoms with E-state index in [0.717, 1.165) is 0 Å². The van der Waals surface area contributed by atoms with Crippen LogP contribution in [0.1, 0.15) is 5.89 Å². The second-order valence-electron chi connectivity index (χ2n) is 3.11. The van der Waals surface area contributed by atoms with Gasteiger partial charge in [-0.05, 0) is 18.2 Å². The lowest BCUT2D eigenvalue weighted by Gasteiger charge is -2.01. The number of methoxy groups -OCH3 is 1. The minimum absolute atomic E-state index is 0.0167. The van der Waals surface area contributed by atoms with Crippen molar-refractivity contribution in [2.75, 3.05) is 7.11 Å². The topological polar surface area (TPSA) is 76.1 Å². The van der Waals surface area contributed by atoms with Crippen LogP contribution in [0, 0.1) is 11.3 Å². The SMILES string of the molecule is COc1ccc2oc(CC#N)nc(=O)c2c1. The predicted octanol–water partition coefficient (Wildman–Crippen LogP) is 1.26. The quantitative estimate of drug-likeness (QED) is 0.755. The van der Waals surface area contributed by atoms with Crippen LogP contribution in [0.3, 0.4) is 0 Å². The first kappa shape index (κ1) is 10.2. The molecular formula is C11H8N2O3. The Bertz CT molecular complexity index is 625. The van der Waals surface area contributed by atoms with Gasteiger partial charge in [0.1, 0.15) is 17.8 Å². The molecule has 0 aliphatic carbocycles. The third-order valence-electron chi connectivity index (χ3n) is 2.10. The summed E-state index contributed by atoms with van der Waals surface area (Å²) in [5, 5.41) is 8.84. The van der Waals surface area contributed by atoms with Gasteiger partial charge in [0.05, 0.1) is 18.6 Å². The van der Waals surface area contributed by atoms with Gasteiger partial charge in [-0.15, -0.1) is 0 Å². The first-order valence-electron chi connectivity index (χ1n) is 4.59. The molecule has 16 heavy (non-hydrogen) atoms. The van der Waals surface area contributed by atoms with Gasteiger partial charge in [0.25, 0.3) is 5.56 Å². The van der Waals surface area contributed by atoms with Gasteiger partial charge in [0.2, 0.25) is 5.89 Å². The maximum Gasteiger partial charge on any atom is 0.283 e. The van der Waals surface area contributed by atoms with Crippen LogP contribution in [-0.2, 0) is 6.42 Å². The van der Waals surface area contributed by atoms with Crippen LogP contribution in [0.2, 0.25) is 0 Å². The number of nitrogens with zero attached hydrogens (tertiary/aromatic N) is 2. The zero-order chi connectivity index (χ0) is 11.5. The Morgan fingerprint density at radius 2 is 2.38 bits per heavy atom. The molecule has 0 unspecified atom stereocenters. The first-order valence-corrected chi connectivity index (χ1v) is 4.59. The molecule has 0 saturated carbocycles. The summed E-state index contributed by atoms with van der Waals surface area (Å²) in [4.78, 5) is 15.3. The van der Waals surface area contributed by atoms with E-state index in [2.05, 4.69) is 4.98 Å². The Balaban J connectivity index is 2.67. The number of benzene rings is 1. The van der Waals surface area contributed by atoms with E-state index in [0.29, 0.717) is 16.7 Å². The minimum Gasteiger partial charge on any atom is -0.497 e. The van der Waals surface area contributed by atoms with E-state index in [1.165, 1.54) is 7.11 Å². The van der Waals surface area contributed by atoms with Gasteiger partial charge in [0.15, 0.2) is 0 Å². The zero-order valence-corrected chi connectivity index (χ0v) is 8.56. The van der Waals surface area contributed by atoms with Crippen LogP contribution in [0.25, 0.3) is 11.0 Å². The summed E-state index contributed by atoms with van der Waals surface area (Å²) in [6.07, 6.45) is -0.0167. The lowest BCUT2D eigenvalue weighted by atomic mass is 10.2. The summed E-state index contributed by atoms with van der Waals surface area (Å²) >= 11 is 0. The van der Waals surface area contributed by atoms with Gasteiger partial charge >= 0.3 is 0 Å². The Labute approximate surface area is 90.9 Å². The van der Waals surface area contributed by atoms with Crippen LogP contribution < -0.4 is 10.3 Å². The number of hydrogen-bond donors (Lipinski definition) is 0. The largest absolute Gasteiger partial charge is 0.497 e. The van der Waals surface area contributed by atoms with E-state index in [1.807, 2.05) is 6.07 Å². The van der Waals surface area contributed by atoms with Crippen molar-refractivity contribution in [1.82, 2.24) is 4.98 Å². The van der Waals surface area contributed by atoms with Crippen molar-refractivity contribution >= 4 is 11.0 Å². The summed E-state index contributed by atoms with van der Waals surface area (Å²) in [7, 11) is 1.51. The highest BCUT2D eigenvalue weighted by atomic mass is 16.5. The van der Waals surface area contributed by atoms with Crippen molar-refractivity contribution in [3.63, 3.8) is 0 Å². The number of ether oxygens (including phenoxy) is 1. The van der Waals surface area contributed by atoms with Gasteiger partial charge in [-0.25, -0.2) is 0 Å². The van der Waals surface area contributed by atoms with E-state index >= 15 is 0 Å². The van der Waals surface area contributed by atoms with Gasteiger partial charge in [0, 0.05) is 0 Å². The van der Waals surface area contributed by atoms with Gasteiger partial charge < -0.3 is 9.15 Å². The van der Waals surface area contributed by atoms with Gasteiger partial charge in [-0.2, -0.15) is 10.2 Å². The number of nitriles is 1. The van der Waals surface area contributed by atoms with E-state index in [4.69, 9.17) is 14.4 Å². The normalized spacial score (nSPS) is 10.0. The fourth-order valence-corrected chi connectivity index (χ4v) is 1.36. The highest BCUT2D eigenvalue weighted by Gasteiger charge is 2.06. The molecule has 0 N–H and O–H groups in total. The minimum atomic E-state index is -0.412. The third-order valence-corrected chi connectivity index (χ3v) is 2.10.